The molecule has 0 unspecified atom stereocenters. The molecular weight excluding hydrogens is 417 g/mol. The molecule has 2 aromatic carbocycles. The van der Waals surface area contributed by atoms with E-state index in [0.717, 1.165) is 0 Å². The second-order valence-electron chi connectivity index (χ2n) is 5.25. The van der Waals surface area contributed by atoms with E-state index in [0.29, 0.717) is 11.1 Å². The molecular formula is C17H15Cl2NO6S. The molecule has 0 aliphatic rings. The van der Waals surface area contributed by atoms with Crippen LogP contribution in [0.4, 0.5) is 0 Å². The molecule has 0 aliphatic carbocycles. The van der Waals surface area contributed by atoms with Gasteiger partial charge in [0.15, 0.2) is 0 Å². The summed E-state index contributed by atoms with van der Waals surface area (Å²) in [4.78, 5) is 22.9. The molecule has 0 bridgehead atoms. The van der Waals surface area contributed by atoms with Gasteiger partial charge in [-0.3, -0.25) is 4.79 Å². The van der Waals surface area contributed by atoms with Crippen LogP contribution in [0.25, 0.3) is 0 Å². The number of nitrogens with one attached hydrogen (secondary N) is 1. The first kappa shape index (κ1) is 21.2. The van der Waals surface area contributed by atoms with Crippen molar-refractivity contribution < 1.29 is 27.5 Å². The Morgan fingerprint density at radius 1 is 1.07 bits per heavy atom. The van der Waals surface area contributed by atoms with E-state index in [1.165, 1.54) is 37.4 Å². The highest BCUT2D eigenvalue weighted by molar-refractivity contribution is 7.89. The number of carbonyl (C=O) groups excluding carboxylic acids is 2. The summed E-state index contributed by atoms with van der Waals surface area (Å²) in [7, 11) is -2.75. The van der Waals surface area contributed by atoms with Crippen molar-refractivity contribution >= 4 is 45.2 Å². The number of ether oxygens (including phenoxy) is 2. The normalized spacial score (nSPS) is 11.1. The second-order valence-corrected chi connectivity index (χ2v) is 7.83. The van der Waals surface area contributed by atoms with Crippen LogP contribution in [0.15, 0.2) is 47.4 Å². The average Bonchev–Trinajstić information content (AvgIpc) is 2.66. The predicted octanol–water partition coefficient (Wildman–Crippen LogP) is 2.80. The highest BCUT2D eigenvalue weighted by Gasteiger charge is 2.20. The van der Waals surface area contributed by atoms with E-state index < -0.39 is 28.5 Å². The maximum atomic E-state index is 12.2. The number of benzene rings is 2. The molecule has 1 N–H and O–H groups in total. The van der Waals surface area contributed by atoms with Crippen LogP contribution in [0.5, 0.6) is 0 Å². The number of halogens is 2. The number of hydrogen-bond donors (Lipinski definition) is 1. The Bertz CT molecular complexity index is 944. The fourth-order valence-electron chi connectivity index (χ4n) is 1.98. The Kier molecular flexibility index (Phi) is 7.20. The lowest BCUT2D eigenvalue weighted by Crippen LogP contribution is -2.30. The number of sulfonamides is 1. The predicted molar refractivity (Wildman–Crippen MR) is 99.2 cm³/mol. The quantitative estimate of drug-likeness (QED) is 0.676. The van der Waals surface area contributed by atoms with Crippen molar-refractivity contribution in [2.24, 2.45) is 0 Å². The van der Waals surface area contributed by atoms with Crippen molar-refractivity contribution in [3.05, 3.63) is 63.6 Å². The summed E-state index contributed by atoms with van der Waals surface area (Å²) in [6, 6.07) is 10.2. The zero-order chi connectivity index (χ0) is 20.0. The number of esters is 2. The third kappa shape index (κ3) is 5.93. The van der Waals surface area contributed by atoms with Gasteiger partial charge in [0.25, 0.3) is 0 Å². The molecule has 0 heterocycles. The highest BCUT2D eigenvalue weighted by atomic mass is 35.5. The van der Waals surface area contributed by atoms with E-state index in [4.69, 9.17) is 27.9 Å². The van der Waals surface area contributed by atoms with Crippen molar-refractivity contribution in [2.75, 3.05) is 13.7 Å². The molecule has 0 fully saturated rings. The van der Waals surface area contributed by atoms with E-state index >= 15 is 0 Å². The Balaban J connectivity index is 1.90. The van der Waals surface area contributed by atoms with Gasteiger partial charge in [0.05, 0.1) is 17.7 Å². The molecule has 144 valence electrons. The Morgan fingerprint density at radius 2 is 1.74 bits per heavy atom. The number of rotatable bonds is 7. The summed E-state index contributed by atoms with van der Waals surface area (Å²) in [5, 5.41) is 0.170. The summed E-state index contributed by atoms with van der Waals surface area (Å²) in [5.74, 6) is -1.26. The lowest BCUT2D eigenvalue weighted by atomic mass is 10.1. The minimum atomic E-state index is -4.03. The highest BCUT2D eigenvalue weighted by Crippen LogP contribution is 2.24. The first-order valence-corrected chi connectivity index (χ1v) is 9.74. The molecule has 2 aromatic rings. The molecule has 0 aromatic heterocycles. The molecule has 0 spiro atoms. The summed E-state index contributed by atoms with van der Waals surface area (Å²) in [5.41, 5.74) is 0.982. The van der Waals surface area contributed by atoms with Gasteiger partial charge in [-0.05, 0) is 35.9 Å². The van der Waals surface area contributed by atoms with Gasteiger partial charge < -0.3 is 9.47 Å². The van der Waals surface area contributed by atoms with Crippen LogP contribution in [0, 0.1) is 0 Å². The van der Waals surface area contributed by atoms with Crippen LogP contribution >= 0.6 is 23.2 Å². The monoisotopic (exact) mass is 431 g/mol. The molecule has 10 heteroatoms. The third-order valence-corrected chi connectivity index (χ3v) is 5.48. The topological polar surface area (TPSA) is 98.8 Å². The average molecular weight is 432 g/mol. The molecule has 0 amide bonds. The summed E-state index contributed by atoms with van der Waals surface area (Å²) in [6.07, 6.45) is 0. The molecule has 0 radical (unpaired) electrons. The Morgan fingerprint density at radius 3 is 2.37 bits per heavy atom. The number of methoxy groups -OCH3 is 1. The standard InChI is InChI=1S/C17H15Cl2NO6S/c1-25-17(22)12-4-2-11(3-5-12)10-26-16(21)9-20-27(23,24)15-8-13(18)6-7-14(15)19/h2-8,20H,9-10H2,1H3. The number of hydrogen-bond acceptors (Lipinski definition) is 6. The van der Waals surface area contributed by atoms with Gasteiger partial charge in [-0.15, -0.1) is 0 Å². The van der Waals surface area contributed by atoms with E-state index in [2.05, 4.69) is 9.46 Å². The Labute approximate surface area is 166 Å². The van der Waals surface area contributed by atoms with Crippen LogP contribution in [-0.2, 0) is 30.9 Å². The lowest BCUT2D eigenvalue weighted by Gasteiger charge is -2.09. The van der Waals surface area contributed by atoms with Crippen molar-refractivity contribution in [1.29, 1.82) is 0 Å². The number of carbonyl (C=O) groups is 2. The zero-order valence-corrected chi connectivity index (χ0v) is 16.4. The van der Waals surface area contributed by atoms with Crippen molar-refractivity contribution in [2.45, 2.75) is 11.5 Å². The van der Waals surface area contributed by atoms with E-state index in [-0.39, 0.29) is 21.5 Å². The van der Waals surface area contributed by atoms with E-state index in [1.807, 2.05) is 0 Å². The first-order valence-electron chi connectivity index (χ1n) is 7.50. The van der Waals surface area contributed by atoms with Crippen LogP contribution in [0.1, 0.15) is 15.9 Å². The molecule has 0 saturated heterocycles. The van der Waals surface area contributed by atoms with Gasteiger partial charge >= 0.3 is 11.9 Å². The van der Waals surface area contributed by atoms with Crippen molar-refractivity contribution in [1.82, 2.24) is 4.72 Å². The van der Waals surface area contributed by atoms with E-state index in [9.17, 15) is 18.0 Å². The maximum Gasteiger partial charge on any atom is 0.337 e. The largest absolute Gasteiger partial charge is 0.465 e. The van der Waals surface area contributed by atoms with Crippen molar-refractivity contribution in [3.63, 3.8) is 0 Å². The summed E-state index contributed by atoms with van der Waals surface area (Å²) < 4.78 is 36.1. The third-order valence-electron chi connectivity index (χ3n) is 3.36. The van der Waals surface area contributed by atoms with Gasteiger partial charge in [-0.1, -0.05) is 35.3 Å². The molecule has 7 nitrogen and oxygen atoms in total. The van der Waals surface area contributed by atoms with Gasteiger partial charge in [0.1, 0.15) is 18.0 Å². The minimum absolute atomic E-state index is 0.0223. The first-order chi connectivity index (χ1) is 12.7. The van der Waals surface area contributed by atoms with Gasteiger partial charge in [-0.2, -0.15) is 4.72 Å². The zero-order valence-electron chi connectivity index (χ0n) is 14.1. The second kappa shape index (κ2) is 9.18. The minimum Gasteiger partial charge on any atom is -0.465 e. The molecule has 0 atom stereocenters. The summed E-state index contributed by atoms with van der Waals surface area (Å²) >= 11 is 11.6. The van der Waals surface area contributed by atoms with Crippen LogP contribution < -0.4 is 4.72 Å². The lowest BCUT2D eigenvalue weighted by molar-refractivity contribution is -0.143. The molecule has 0 saturated carbocycles. The van der Waals surface area contributed by atoms with Gasteiger partial charge in [0.2, 0.25) is 10.0 Å². The SMILES string of the molecule is COC(=O)c1ccc(COC(=O)CNS(=O)(=O)c2cc(Cl)ccc2Cl)cc1. The Hall–Kier alpha value is -2.13. The van der Waals surface area contributed by atoms with Crippen LogP contribution in [0.2, 0.25) is 10.0 Å². The fraction of sp³-hybridized carbons (Fsp3) is 0.176. The van der Waals surface area contributed by atoms with Crippen LogP contribution in [0.3, 0.4) is 0 Å². The maximum absolute atomic E-state index is 12.2. The molecule has 2 rings (SSSR count). The summed E-state index contributed by atoms with van der Waals surface area (Å²) in [6.45, 7) is -0.661. The van der Waals surface area contributed by atoms with Gasteiger partial charge in [0, 0.05) is 5.02 Å². The van der Waals surface area contributed by atoms with Gasteiger partial charge in [-0.25, -0.2) is 13.2 Å². The van der Waals surface area contributed by atoms with E-state index in [1.54, 1.807) is 12.1 Å². The molecule has 0 aliphatic heterocycles. The fourth-order valence-corrected chi connectivity index (χ4v) is 3.71. The van der Waals surface area contributed by atoms with Crippen LogP contribution in [-0.4, -0.2) is 34.0 Å². The van der Waals surface area contributed by atoms with Crippen molar-refractivity contribution in [3.8, 4) is 0 Å². The molecule has 27 heavy (non-hydrogen) atoms. The smallest absolute Gasteiger partial charge is 0.337 e.